The van der Waals surface area contributed by atoms with Gasteiger partial charge in [0.2, 0.25) is 10.0 Å². The zero-order chi connectivity index (χ0) is 20.0. The van der Waals surface area contributed by atoms with Crippen molar-refractivity contribution in [3.8, 4) is 0 Å². The third kappa shape index (κ3) is 5.34. The molecule has 0 atom stereocenters. The first kappa shape index (κ1) is 21.0. The quantitative estimate of drug-likeness (QED) is 0.356. The second kappa shape index (κ2) is 9.07. The Kier molecular flexibility index (Phi) is 7.05. The highest BCUT2D eigenvalue weighted by atomic mass is 32.2. The zero-order valence-corrected chi connectivity index (χ0v) is 16.6. The molecule has 8 nitrogen and oxygen atoms in total. The Hall–Kier alpha value is -2.30. The van der Waals surface area contributed by atoms with E-state index >= 15 is 0 Å². The summed E-state index contributed by atoms with van der Waals surface area (Å²) in [5.74, 6) is -0.500. The molecule has 1 heterocycles. The molecule has 0 fully saturated rings. The number of nitro benzene ring substituents is 1. The van der Waals surface area contributed by atoms with Gasteiger partial charge in [-0.1, -0.05) is 6.07 Å². The fraction of sp³-hybridized carbons (Fsp3) is 0.353. The lowest BCUT2D eigenvalue weighted by molar-refractivity contribution is -0.385. The van der Waals surface area contributed by atoms with Crippen LogP contribution < -0.4 is 0 Å². The summed E-state index contributed by atoms with van der Waals surface area (Å²) in [4.78, 5) is 22.7. The minimum atomic E-state index is -4.03. The highest BCUT2D eigenvalue weighted by Gasteiger charge is 2.27. The molecule has 0 bridgehead atoms. The van der Waals surface area contributed by atoms with E-state index in [2.05, 4.69) is 0 Å². The minimum Gasteiger partial charge on any atom is -0.466 e. The average molecular weight is 412 g/mol. The highest BCUT2D eigenvalue weighted by Crippen LogP contribution is 2.25. The molecule has 1 aromatic carbocycles. The first-order chi connectivity index (χ1) is 12.8. The topological polar surface area (TPSA) is 107 Å². The minimum absolute atomic E-state index is 0.0773. The Morgan fingerprint density at radius 1 is 1.33 bits per heavy atom. The Morgan fingerprint density at radius 3 is 2.67 bits per heavy atom. The van der Waals surface area contributed by atoms with E-state index in [9.17, 15) is 23.3 Å². The number of sulfonamides is 1. The molecule has 2 aromatic rings. The number of esters is 1. The molecule has 146 valence electrons. The van der Waals surface area contributed by atoms with Gasteiger partial charge in [0.1, 0.15) is 0 Å². The summed E-state index contributed by atoms with van der Waals surface area (Å²) < 4.78 is 32.2. The lowest BCUT2D eigenvalue weighted by Gasteiger charge is -2.21. The van der Waals surface area contributed by atoms with Crippen molar-refractivity contribution in [2.24, 2.45) is 0 Å². The molecule has 0 radical (unpaired) electrons. The Balaban J connectivity index is 2.34. The van der Waals surface area contributed by atoms with Crippen molar-refractivity contribution < 1.29 is 22.9 Å². The molecule has 0 saturated heterocycles. The number of carbonyl (C=O) groups is 1. The lowest BCUT2D eigenvalue weighted by Crippen LogP contribution is -2.33. The van der Waals surface area contributed by atoms with E-state index in [1.807, 2.05) is 18.4 Å². The van der Waals surface area contributed by atoms with Gasteiger partial charge in [-0.3, -0.25) is 14.9 Å². The third-order valence-corrected chi connectivity index (χ3v) is 6.67. The molecule has 0 saturated carbocycles. The number of hydrogen-bond acceptors (Lipinski definition) is 7. The van der Waals surface area contributed by atoms with E-state index in [0.717, 1.165) is 20.8 Å². The van der Waals surface area contributed by atoms with Crippen molar-refractivity contribution in [2.75, 3.05) is 13.2 Å². The van der Waals surface area contributed by atoms with Crippen LogP contribution in [0.1, 0.15) is 23.8 Å². The van der Waals surface area contributed by atoms with Crippen molar-refractivity contribution in [3.63, 3.8) is 0 Å². The van der Waals surface area contributed by atoms with Crippen LogP contribution in [0.15, 0.2) is 40.6 Å². The number of aryl methyl sites for hydroxylation is 1. The molecule has 0 spiro atoms. The number of ether oxygens (including phenoxy) is 1. The van der Waals surface area contributed by atoms with Crippen molar-refractivity contribution >= 4 is 33.0 Å². The maximum atomic E-state index is 13.1. The van der Waals surface area contributed by atoms with Crippen molar-refractivity contribution in [2.45, 2.75) is 31.7 Å². The van der Waals surface area contributed by atoms with Crippen molar-refractivity contribution in [1.82, 2.24) is 4.31 Å². The number of nitro groups is 1. The zero-order valence-electron chi connectivity index (χ0n) is 15.0. The monoisotopic (exact) mass is 412 g/mol. The van der Waals surface area contributed by atoms with Gasteiger partial charge in [0, 0.05) is 30.1 Å². The first-order valence-corrected chi connectivity index (χ1v) is 10.5. The van der Waals surface area contributed by atoms with Crippen LogP contribution in [0.5, 0.6) is 0 Å². The summed E-state index contributed by atoms with van der Waals surface area (Å²) in [6.07, 6.45) is -0.105. The Morgan fingerprint density at radius 2 is 2.07 bits per heavy atom. The number of non-ortho nitro benzene ring substituents is 1. The summed E-state index contributed by atoms with van der Waals surface area (Å²) in [5, 5.41) is 12.8. The second-order valence-electron chi connectivity index (χ2n) is 5.67. The predicted molar refractivity (Wildman–Crippen MR) is 101 cm³/mol. The van der Waals surface area contributed by atoms with Gasteiger partial charge in [-0.2, -0.15) is 4.31 Å². The average Bonchev–Trinajstić information content (AvgIpc) is 3.03. The van der Waals surface area contributed by atoms with Gasteiger partial charge in [0.25, 0.3) is 5.69 Å². The van der Waals surface area contributed by atoms with Crippen LogP contribution in [0.4, 0.5) is 5.69 Å². The van der Waals surface area contributed by atoms with Crippen molar-refractivity contribution in [3.05, 3.63) is 56.3 Å². The van der Waals surface area contributed by atoms with Crippen LogP contribution in [0, 0.1) is 17.0 Å². The molecule has 0 amide bonds. The van der Waals surface area contributed by atoms with E-state index in [1.165, 1.54) is 29.5 Å². The van der Waals surface area contributed by atoms with Crippen LogP contribution in [-0.4, -0.2) is 36.8 Å². The van der Waals surface area contributed by atoms with Crippen molar-refractivity contribution in [1.29, 1.82) is 0 Å². The van der Waals surface area contributed by atoms with Gasteiger partial charge in [0.05, 0.1) is 22.8 Å². The molecule has 0 N–H and O–H groups in total. The molecule has 1 aromatic heterocycles. The smallest absolute Gasteiger partial charge is 0.307 e. The lowest BCUT2D eigenvalue weighted by atomic mass is 10.3. The fourth-order valence-electron chi connectivity index (χ4n) is 2.37. The molecule has 0 unspecified atom stereocenters. The number of hydrogen-bond donors (Lipinski definition) is 0. The number of benzene rings is 1. The van der Waals surface area contributed by atoms with Gasteiger partial charge in [-0.05, 0) is 36.9 Å². The molecular formula is C17H20N2O6S2. The fourth-order valence-corrected chi connectivity index (χ4v) is 4.82. The number of thiophene rings is 1. The SMILES string of the molecule is CCOC(=O)CCN(Cc1sccc1C)S(=O)(=O)c1cccc([N+](=O)[O-])c1. The van der Waals surface area contributed by atoms with Gasteiger partial charge in [-0.15, -0.1) is 11.3 Å². The number of rotatable bonds is 9. The van der Waals surface area contributed by atoms with E-state index in [-0.39, 0.29) is 36.7 Å². The summed E-state index contributed by atoms with van der Waals surface area (Å²) in [6.45, 7) is 3.75. The van der Waals surface area contributed by atoms with Gasteiger partial charge in [-0.25, -0.2) is 8.42 Å². The summed E-state index contributed by atoms with van der Waals surface area (Å²) in [6, 6.07) is 6.76. The third-order valence-electron chi connectivity index (χ3n) is 3.82. The molecular weight excluding hydrogens is 392 g/mol. The normalized spacial score (nSPS) is 11.5. The molecule has 0 aliphatic carbocycles. The number of nitrogens with zero attached hydrogens (tertiary/aromatic N) is 2. The van der Waals surface area contributed by atoms with Gasteiger partial charge < -0.3 is 4.74 Å². The molecule has 0 aliphatic heterocycles. The Bertz CT molecular complexity index is 923. The van der Waals surface area contributed by atoms with Gasteiger partial charge in [0.15, 0.2) is 0 Å². The van der Waals surface area contributed by atoms with E-state index in [1.54, 1.807) is 6.92 Å². The van der Waals surface area contributed by atoms with Crippen LogP contribution >= 0.6 is 11.3 Å². The highest BCUT2D eigenvalue weighted by molar-refractivity contribution is 7.89. The standard InChI is InChI=1S/C17H20N2O6S2/c1-3-25-17(20)7-9-18(12-16-13(2)8-10-26-16)27(23,24)15-6-4-5-14(11-15)19(21)22/h4-6,8,10-11H,3,7,9,12H2,1-2H3. The van der Waals surface area contributed by atoms with Crippen LogP contribution in [0.2, 0.25) is 0 Å². The summed E-state index contributed by atoms with van der Waals surface area (Å²) in [7, 11) is -4.03. The predicted octanol–water partition coefficient (Wildman–Crippen LogP) is 3.11. The van der Waals surface area contributed by atoms with Gasteiger partial charge >= 0.3 is 5.97 Å². The van der Waals surface area contributed by atoms with Crippen LogP contribution in [0.25, 0.3) is 0 Å². The largest absolute Gasteiger partial charge is 0.466 e. The van der Waals surface area contributed by atoms with E-state index in [0.29, 0.717) is 0 Å². The maximum Gasteiger partial charge on any atom is 0.307 e. The van der Waals surface area contributed by atoms with E-state index in [4.69, 9.17) is 4.74 Å². The molecule has 27 heavy (non-hydrogen) atoms. The Labute approximate surface area is 161 Å². The van der Waals surface area contributed by atoms with E-state index < -0.39 is 20.9 Å². The molecule has 2 rings (SSSR count). The molecule has 0 aliphatic rings. The molecule has 10 heteroatoms. The maximum absolute atomic E-state index is 13.1. The first-order valence-electron chi connectivity index (χ1n) is 8.19. The van der Waals surface area contributed by atoms with Crippen LogP contribution in [-0.2, 0) is 26.1 Å². The van der Waals surface area contributed by atoms with Crippen LogP contribution in [0.3, 0.4) is 0 Å². The summed E-state index contributed by atoms with van der Waals surface area (Å²) in [5.41, 5.74) is 0.629. The number of carbonyl (C=O) groups excluding carboxylic acids is 1. The second-order valence-corrected chi connectivity index (χ2v) is 8.61. The summed E-state index contributed by atoms with van der Waals surface area (Å²) >= 11 is 1.41.